The maximum atomic E-state index is 2.54. The minimum atomic E-state index is -0.429. The van der Waals surface area contributed by atoms with Crippen LogP contribution in [0.2, 0.25) is 0 Å². The first-order valence-electron chi connectivity index (χ1n) is 20.1. The second kappa shape index (κ2) is 11.8. The summed E-state index contributed by atoms with van der Waals surface area (Å²) in [5.41, 5.74) is 21.4. The zero-order valence-electron chi connectivity index (χ0n) is 32.0. The summed E-state index contributed by atoms with van der Waals surface area (Å²) in [5.74, 6) is 0. The number of para-hydroxylation sites is 1. The SMILES string of the molecule is CC1(C)c2ccc(-c3ccccc3)cc2-c2c(N(c3ccccc3)c3ccc4c(c3)C3(c5ccccc5-c5ccccc53)c3ccccc3-4)cc3ccccc3c21. The van der Waals surface area contributed by atoms with E-state index < -0.39 is 5.41 Å². The Morgan fingerprint density at radius 1 is 0.368 bits per heavy atom. The molecule has 0 saturated carbocycles. The molecule has 3 aliphatic rings. The minimum absolute atomic E-state index is 0.210. The van der Waals surface area contributed by atoms with Gasteiger partial charge in [-0.05, 0) is 119 Å². The number of rotatable bonds is 4. The molecule has 0 bridgehead atoms. The molecule has 0 heterocycles. The highest BCUT2D eigenvalue weighted by Gasteiger charge is 2.51. The molecule has 57 heavy (non-hydrogen) atoms. The number of hydrogen-bond donors (Lipinski definition) is 0. The first-order chi connectivity index (χ1) is 28.0. The van der Waals surface area contributed by atoms with E-state index in [1.807, 2.05) is 0 Å². The molecule has 1 spiro atoms. The average Bonchev–Trinajstić information content (AvgIpc) is 3.83. The molecule has 12 rings (SSSR count). The van der Waals surface area contributed by atoms with Crippen LogP contribution in [0.3, 0.4) is 0 Å². The van der Waals surface area contributed by atoms with Crippen LogP contribution in [-0.4, -0.2) is 0 Å². The van der Waals surface area contributed by atoms with E-state index in [0.29, 0.717) is 0 Å². The normalized spacial score (nSPS) is 14.4. The summed E-state index contributed by atoms with van der Waals surface area (Å²) in [4.78, 5) is 2.54. The molecule has 0 radical (unpaired) electrons. The highest BCUT2D eigenvalue weighted by atomic mass is 15.1. The fourth-order valence-electron chi connectivity index (χ4n) is 10.9. The van der Waals surface area contributed by atoms with E-state index in [0.717, 1.165) is 11.4 Å². The van der Waals surface area contributed by atoms with Crippen molar-refractivity contribution in [3.05, 3.63) is 234 Å². The second-order valence-corrected chi connectivity index (χ2v) is 16.4. The molecule has 268 valence electrons. The van der Waals surface area contributed by atoms with Gasteiger partial charge in [0.25, 0.3) is 0 Å². The molecule has 0 saturated heterocycles. The molecular formula is C56H39N. The zero-order valence-corrected chi connectivity index (χ0v) is 32.0. The fourth-order valence-corrected chi connectivity index (χ4v) is 10.9. The van der Waals surface area contributed by atoms with Gasteiger partial charge in [0.15, 0.2) is 0 Å². The first-order valence-corrected chi connectivity index (χ1v) is 20.1. The lowest BCUT2D eigenvalue weighted by molar-refractivity contribution is 0.666. The molecule has 0 aromatic heterocycles. The Morgan fingerprint density at radius 2 is 0.930 bits per heavy atom. The monoisotopic (exact) mass is 725 g/mol. The van der Waals surface area contributed by atoms with Gasteiger partial charge in [0.05, 0.1) is 11.1 Å². The number of benzene rings is 9. The van der Waals surface area contributed by atoms with Crippen LogP contribution in [0.4, 0.5) is 17.1 Å². The van der Waals surface area contributed by atoms with Gasteiger partial charge in [-0.25, -0.2) is 0 Å². The average molecular weight is 726 g/mol. The zero-order chi connectivity index (χ0) is 37.9. The molecule has 9 aromatic rings. The Hall–Kier alpha value is -6.96. The number of nitrogens with zero attached hydrogens (tertiary/aromatic N) is 1. The van der Waals surface area contributed by atoms with Crippen LogP contribution >= 0.6 is 0 Å². The molecule has 0 unspecified atom stereocenters. The number of fused-ring (bicyclic) bond motifs is 15. The summed E-state index contributed by atoms with van der Waals surface area (Å²) in [6.45, 7) is 4.82. The van der Waals surface area contributed by atoms with Gasteiger partial charge in [-0.3, -0.25) is 0 Å². The van der Waals surface area contributed by atoms with Gasteiger partial charge in [-0.1, -0.05) is 178 Å². The van der Waals surface area contributed by atoms with Crippen LogP contribution < -0.4 is 4.90 Å². The van der Waals surface area contributed by atoms with Crippen LogP contribution in [0.5, 0.6) is 0 Å². The van der Waals surface area contributed by atoms with Crippen molar-refractivity contribution < 1.29 is 0 Å². The summed E-state index contributed by atoms with van der Waals surface area (Å²) in [6, 6.07) is 74.9. The molecule has 9 aromatic carbocycles. The fraction of sp³-hybridized carbons (Fsp3) is 0.0714. The Balaban J connectivity index is 1.17. The molecular weight excluding hydrogens is 687 g/mol. The van der Waals surface area contributed by atoms with Crippen LogP contribution in [-0.2, 0) is 10.8 Å². The molecule has 0 fully saturated rings. The second-order valence-electron chi connectivity index (χ2n) is 16.4. The van der Waals surface area contributed by atoms with Crippen molar-refractivity contribution in [1.29, 1.82) is 0 Å². The van der Waals surface area contributed by atoms with E-state index in [1.165, 1.54) is 94.3 Å². The predicted molar refractivity (Wildman–Crippen MR) is 238 cm³/mol. The van der Waals surface area contributed by atoms with Gasteiger partial charge < -0.3 is 4.90 Å². The van der Waals surface area contributed by atoms with Crippen molar-refractivity contribution in [1.82, 2.24) is 0 Å². The number of hydrogen-bond acceptors (Lipinski definition) is 1. The van der Waals surface area contributed by atoms with Gasteiger partial charge in [-0.2, -0.15) is 0 Å². The van der Waals surface area contributed by atoms with Gasteiger partial charge in [-0.15, -0.1) is 0 Å². The van der Waals surface area contributed by atoms with Crippen LogP contribution in [0.1, 0.15) is 47.2 Å². The standard InChI is InChI=1S/C56H39N/c1-55(2)47-32-29-37(36-17-5-3-6-18-36)33-46(47)53-52(34-38-19-9-10-22-41(38)54(53)55)57(39-20-7-4-8-21-39)40-30-31-45-44-25-13-16-28-50(44)56(51(45)35-40)48-26-14-11-23-42(48)43-24-12-15-27-49(43)56/h3-35H,1-2H3. The van der Waals surface area contributed by atoms with Crippen molar-refractivity contribution in [2.45, 2.75) is 24.7 Å². The van der Waals surface area contributed by atoms with Crippen LogP contribution in [0.15, 0.2) is 200 Å². The topological polar surface area (TPSA) is 3.24 Å². The quantitative estimate of drug-likeness (QED) is 0.175. The summed E-state index contributed by atoms with van der Waals surface area (Å²) >= 11 is 0. The largest absolute Gasteiger partial charge is 0.310 e. The lowest BCUT2D eigenvalue weighted by atomic mass is 9.70. The van der Waals surface area contributed by atoms with E-state index in [1.54, 1.807) is 0 Å². The smallest absolute Gasteiger partial charge is 0.0726 e. The lowest BCUT2D eigenvalue weighted by Gasteiger charge is -2.33. The van der Waals surface area contributed by atoms with Crippen LogP contribution in [0.25, 0.3) is 55.3 Å². The molecule has 3 aliphatic carbocycles. The van der Waals surface area contributed by atoms with Gasteiger partial charge in [0.1, 0.15) is 0 Å². The summed E-state index contributed by atoms with van der Waals surface area (Å²) in [7, 11) is 0. The van der Waals surface area contributed by atoms with E-state index in [2.05, 4.69) is 219 Å². The predicted octanol–water partition coefficient (Wildman–Crippen LogP) is 14.6. The molecule has 1 heteroatoms. The van der Waals surface area contributed by atoms with Gasteiger partial charge >= 0.3 is 0 Å². The lowest BCUT2D eigenvalue weighted by Crippen LogP contribution is -2.26. The van der Waals surface area contributed by atoms with Gasteiger partial charge in [0, 0.05) is 22.4 Å². The van der Waals surface area contributed by atoms with E-state index in [9.17, 15) is 0 Å². The van der Waals surface area contributed by atoms with Crippen LogP contribution in [0, 0.1) is 0 Å². The third kappa shape index (κ3) is 4.29. The van der Waals surface area contributed by atoms with Crippen molar-refractivity contribution in [2.75, 3.05) is 4.90 Å². The Labute approximate surface area is 334 Å². The van der Waals surface area contributed by atoms with E-state index in [-0.39, 0.29) is 5.41 Å². The molecule has 0 atom stereocenters. The number of anilines is 3. The third-order valence-electron chi connectivity index (χ3n) is 13.2. The molecule has 1 nitrogen and oxygen atoms in total. The minimum Gasteiger partial charge on any atom is -0.310 e. The summed E-state index contributed by atoms with van der Waals surface area (Å²) in [5, 5.41) is 2.56. The maximum Gasteiger partial charge on any atom is 0.0726 e. The van der Waals surface area contributed by atoms with E-state index >= 15 is 0 Å². The maximum absolute atomic E-state index is 2.54. The Morgan fingerprint density at radius 3 is 1.60 bits per heavy atom. The molecule has 0 N–H and O–H groups in total. The van der Waals surface area contributed by atoms with Crippen molar-refractivity contribution in [3.63, 3.8) is 0 Å². The highest BCUT2D eigenvalue weighted by Crippen LogP contribution is 2.64. The van der Waals surface area contributed by atoms with Crippen molar-refractivity contribution in [2.24, 2.45) is 0 Å². The molecule has 0 aliphatic heterocycles. The summed E-state index contributed by atoms with van der Waals surface area (Å²) in [6.07, 6.45) is 0. The third-order valence-corrected chi connectivity index (χ3v) is 13.2. The van der Waals surface area contributed by atoms with Gasteiger partial charge in [0.2, 0.25) is 0 Å². The summed E-state index contributed by atoms with van der Waals surface area (Å²) < 4.78 is 0. The van der Waals surface area contributed by atoms with Crippen molar-refractivity contribution in [3.8, 4) is 44.5 Å². The van der Waals surface area contributed by atoms with Crippen molar-refractivity contribution >= 4 is 27.8 Å². The highest BCUT2D eigenvalue weighted by molar-refractivity contribution is 6.07. The Kier molecular flexibility index (Phi) is 6.67. The Bertz CT molecular complexity index is 3030. The van der Waals surface area contributed by atoms with E-state index in [4.69, 9.17) is 0 Å². The molecule has 0 amide bonds. The first kappa shape index (κ1) is 32.3.